The van der Waals surface area contributed by atoms with Crippen LogP contribution in [0, 0.1) is 0 Å². The quantitative estimate of drug-likeness (QED) is 0.616. The van der Waals surface area contributed by atoms with Gasteiger partial charge >= 0.3 is 0 Å². The van der Waals surface area contributed by atoms with E-state index in [2.05, 4.69) is 10.2 Å². The number of amides is 1. The highest BCUT2D eigenvalue weighted by atomic mass is 16.3. The van der Waals surface area contributed by atoms with E-state index in [0.29, 0.717) is 0 Å². The molecule has 0 spiro atoms. The van der Waals surface area contributed by atoms with E-state index in [1.54, 1.807) is 30.3 Å². The van der Waals surface area contributed by atoms with Gasteiger partial charge in [0, 0.05) is 12.6 Å². The molecule has 1 heterocycles. The Bertz CT molecular complexity index is 448. The number of nitrogens with zero attached hydrogens (tertiary/aromatic N) is 1. The molecule has 1 aromatic rings. The van der Waals surface area contributed by atoms with E-state index < -0.39 is 0 Å². The van der Waals surface area contributed by atoms with E-state index in [1.807, 2.05) is 0 Å². The van der Waals surface area contributed by atoms with Gasteiger partial charge in [-0.3, -0.25) is 4.79 Å². The molecule has 1 amide bonds. The zero-order valence-electron chi connectivity index (χ0n) is 11.7. The highest BCUT2D eigenvalue weighted by molar-refractivity contribution is 5.91. The first-order chi connectivity index (χ1) is 9.74. The normalized spacial score (nSPS) is 15.8. The molecule has 1 aliphatic rings. The molecule has 0 bridgehead atoms. The van der Waals surface area contributed by atoms with Crippen LogP contribution in [0.25, 0.3) is 6.08 Å². The van der Waals surface area contributed by atoms with Crippen molar-refractivity contribution in [3.8, 4) is 5.75 Å². The average molecular weight is 274 g/mol. The van der Waals surface area contributed by atoms with Gasteiger partial charge in [0.2, 0.25) is 5.91 Å². The zero-order valence-corrected chi connectivity index (χ0v) is 11.7. The van der Waals surface area contributed by atoms with Crippen LogP contribution in [-0.4, -0.2) is 42.1 Å². The number of phenols is 1. The summed E-state index contributed by atoms with van der Waals surface area (Å²) in [6.45, 7) is 4.20. The Morgan fingerprint density at radius 2 is 1.95 bits per heavy atom. The Kier molecular flexibility index (Phi) is 5.62. The maximum Gasteiger partial charge on any atom is 0.243 e. The lowest BCUT2D eigenvalue weighted by Crippen LogP contribution is -2.27. The van der Waals surface area contributed by atoms with Gasteiger partial charge < -0.3 is 15.3 Å². The summed E-state index contributed by atoms with van der Waals surface area (Å²) < 4.78 is 0. The number of aromatic hydroxyl groups is 1. The van der Waals surface area contributed by atoms with Gasteiger partial charge in [0.1, 0.15) is 5.75 Å². The van der Waals surface area contributed by atoms with Gasteiger partial charge in [0.15, 0.2) is 0 Å². The third kappa shape index (κ3) is 5.05. The number of likely N-dealkylation sites (tertiary alicyclic amines) is 1. The molecule has 2 rings (SSSR count). The minimum Gasteiger partial charge on any atom is -0.508 e. The Labute approximate surface area is 120 Å². The summed E-state index contributed by atoms with van der Waals surface area (Å²) in [6, 6.07) is 6.75. The topological polar surface area (TPSA) is 52.6 Å². The second-order valence-corrected chi connectivity index (χ2v) is 5.12. The molecule has 0 aliphatic carbocycles. The highest BCUT2D eigenvalue weighted by Gasteiger charge is 2.10. The molecule has 1 fully saturated rings. The number of carbonyl (C=O) groups is 1. The third-order valence-corrected chi connectivity index (χ3v) is 3.47. The molecule has 1 saturated heterocycles. The molecule has 4 nitrogen and oxygen atoms in total. The zero-order chi connectivity index (χ0) is 14.2. The predicted octanol–water partition coefficient (Wildman–Crippen LogP) is 2.01. The van der Waals surface area contributed by atoms with E-state index in [1.165, 1.54) is 32.0 Å². The number of hydrogen-bond donors (Lipinski definition) is 2. The maximum absolute atomic E-state index is 11.6. The monoisotopic (exact) mass is 274 g/mol. The molecular formula is C16H22N2O2. The smallest absolute Gasteiger partial charge is 0.243 e. The lowest BCUT2D eigenvalue weighted by Gasteiger charge is -2.13. The number of hydrogen-bond acceptors (Lipinski definition) is 3. The first-order valence-electron chi connectivity index (χ1n) is 7.21. The fourth-order valence-electron chi connectivity index (χ4n) is 2.34. The Balaban J connectivity index is 1.63. The number of rotatable bonds is 6. The van der Waals surface area contributed by atoms with Gasteiger partial charge in [-0.1, -0.05) is 12.1 Å². The molecule has 0 aromatic heterocycles. The van der Waals surface area contributed by atoms with Crippen molar-refractivity contribution in [2.75, 3.05) is 26.2 Å². The minimum atomic E-state index is -0.0699. The molecule has 1 aliphatic heterocycles. The molecule has 0 radical (unpaired) electrons. The third-order valence-electron chi connectivity index (χ3n) is 3.47. The lowest BCUT2D eigenvalue weighted by atomic mass is 10.2. The van der Waals surface area contributed by atoms with Crippen LogP contribution in [-0.2, 0) is 4.79 Å². The van der Waals surface area contributed by atoms with Crippen molar-refractivity contribution in [2.24, 2.45) is 0 Å². The highest BCUT2D eigenvalue weighted by Crippen LogP contribution is 2.10. The van der Waals surface area contributed by atoms with Crippen LogP contribution in [0.1, 0.15) is 24.8 Å². The van der Waals surface area contributed by atoms with Gasteiger partial charge in [-0.05, 0) is 62.7 Å². The fraction of sp³-hybridized carbons (Fsp3) is 0.438. The molecule has 0 atom stereocenters. The van der Waals surface area contributed by atoms with Gasteiger partial charge in [-0.15, -0.1) is 0 Å². The van der Waals surface area contributed by atoms with Gasteiger partial charge in [0.25, 0.3) is 0 Å². The number of benzene rings is 1. The molecule has 1 aromatic carbocycles. The van der Waals surface area contributed by atoms with Crippen molar-refractivity contribution in [2.45, 2.75) is 19.3 Å². The minimum absolute atomic E-state index is 0.0699. The number of phenolic OH excluding ortho intramolecular Hbond substituents is 1. The Morgan fingerprint density at radius 1 is 1.25 bits per heavy atom. The average Bonchev–Trinajstić information content (AvgIpc) is 2.96. The molecule has 2 N–H and O–H groups in total. The molecule has 20 heavy (non-hydrogen) atoms. The summed E-state index contributed by atoms with van der Waals surface area (Å²) in [7, 11) is 0. The summed E-state index contributed by atoms with van der Waals surface area (Å²) in [5.74, 6) is 0.160. The Morgan fingerprint density at radius 3 is 2.65 bits per heavy atom. The van der Waals surface area contributed by atoms with E-state index >= 15 is 0 Å². The first-order valence-corrected chi connectivity index (χ1v) is 7.21. The van der Waals surface area contributed by atoms with Crippen LogP contribution in [0.2, 0.25) is 0 Å². The molecule has 108 valence electrons. The van der Waals surface area contributed by atoms with Gasteiger partial charge in [-0.2, -0.15) is 0 Å². The first kappa shape index (κ1) is 14.6. The summed E-state index contributed by atoms with van der Waals surface area (Å²) in [5, 5.41) is 12.0. The van der Waals surface area contributed by atoms with Gasteiger partial charge in [0.05, 0.1) is 0 Å². The second-order valence-electron chi connectivity index (χ2n) is 5.12. The number of nitrogens with one attached hydrogen (secondary N) is 1. The predicted molar refractivity (Wildman–Crippen MR) is 80.4 cm³/mol. The van der Waals surface area contributed by atoms with Crippen molar-refractivity contribution < 1.29 is 9.90 Å². The van der Waals surface area contributed by atoms with Crippen LogP contribution in [0.4, 0.5) is 0 Å². The summed E-state index contributed by atoms with van der Waals surface area (Å²) in [4.78, 5) is 14.1. The molecular weight excluding hydrogens is 252 g/mol. The van der Waals surface area contributed by atoms with Gasteiger partial charge in [-0.25, -0.2) is 0 Å². The maximum atomic E-state index is 11.6. The Hall–Kier alpha value is -1.81. The van der Waals surface area contributed by atoms with E-state index in [-0.39, 0.29) is 11.7 Å². The van der Waals surface area contributed by atoms with Crippen molar-refractivity contribution in [3.63, 3.8) is 0 Å². The SMILES string of the molecule is O=C(/C=C/c1ccc(O)cc1)NCCCN1CCCC1. The summed E-state index contributed by atoms with van der Waals surface area (Å²) in [5.41, 5.74) is 0.898. The van der Waals surface area contributed by atoms with Crippen LogP contribution in [0.3, 0.4) is 0 Å². The second kappa shape index (κ2) is 7.70. The summed E-state index contributed by atoms with van der Waals surface area (Å²) >= 11 is 0. The van der Waals surface area contributed by atoms with Crippen molar-refractivity contribution in [1.29, 1.82) is 0 Å². The van der Waals surface area contributed by atoms with E-state index in [0.717, 1.165) is 25.1 Å². The summed E-state index contributed by atoms with van der Waals surface area (Å²) in [6.07, 6.45) is 6.89. The van der Waals surface area contributed by atoms with Crippen molar-refractivity contribution in [3.05, 3.63) is 35.9 Å². The lowest BCUT2D eigenvalue weighted by molar-refractivity contribution is -0.116. The van der Waals surface area contributed by atoms with Crippen LogP contribution in [0.15, 0.2) is 30.3 Å². The number of carbonyl (C=O) groups excluding carboxylic acids is 1. The molecule has 0 unspecified atom stereocenters. The van der Waals surface area contributed by atoms with Crippen LogP contribution >= 0.6 is 0 Å². The van der Waals surface area contributed by atoms with Crippen molar-refractivity contribution >= 4 is 12.0 Å². The molecule has 4 heteroatoms. The molecule has 0 saturated carbocycles. The van der Waals surface area contributed by atoms with Crippen LogP contribution in [0.5, 0.6) is 5.75 Å². The fourth-order valence-corrected chi connectivity index (χ4v) is 2.34. The van der Waals surface area contributed by atoms with E-state index in [4.69, 9.17) is 5.11 Å². The largest absolute Gasteiger partial charge is 0.508 e. The standard InChI is InChI=1S/C16H22N2O2/c19-15-7-4-14(5-8-15)6-9-16(20)17-10-3-13-18-11-1-2-12-18/h4-9,19H,1-3,10-13H2,(H,17,20)/b9-6+. The van der Waals surface area contributed by atoms with Crippen molar-refractivity contribution in [1.82, 2.24) is 10.2 Å². The van der Waals surface area contributed by atoms with Crippen LogP contribution < -0.4 is 5.32 Å². The van der Waals surface area contributed by atoms with E-state index in [9.17, 15) is 4.79 Å².